The van der Waals surface area contributed by atoms with Crippen molar-refractivity contribution in [1.82, 2.24) is 4.90 Å². The monoisotopic (exact) mass is 257 g/mol. The van der Waals surface area contributed by atoms with Crippen molar-refractivity contribution in [3.8, 4) is 0 Å². The van der Waals surface area contributed by atoms with Crippen molar-refractivity contribution in [1.29, 1.82) is 0 Å². The zero-order valence-electron chi connectivity index (χ0n) is 12.5. The maximum atomic E-state index is 12.3. The van der Waals surface area contributed by atoms with Crippen LogP contribution in [0.25, 0.3) is 0 Å². The largest absolute Gasteiger partial charge is 0.444 e. The molecule has 0 radical (unpaired) electrons. The summed E-state index contributed by atoms with van der Waals surface area (Å²) in [6.45, 7) is 13.2. The highest BCUT2D eigenvalue weighted by molar-refractivity contribution is 5.69. The van der Waals surface area contributed by atoms with Crippen LogP contribution in [-0.2, 0) is 9.47 Å². The van der Waals surface area contributed by atoms with Crippen LogP contribution in [0.4, 0.5) is 4.79 Å². The Morgan fingerprint density at radius 1 is 1.39 bits per heavy atom. The molecule has 2 atom stereocenters. The predicted octanol–water partition coefficient (Wildman–Crippen LogP) is 3.06. The molecule has 1 rings (SSSR count). The van der Waals surface area contributed by atoms with Gasteiger partial charge in [0, 0.05) is 0 Å². The van der Waals surface area contributed by atoms with E-state index in [1.54, 1.807) is 0 Å². The van der Waals surface area contributed by atoms with E-state index in [2.05, 4.69) is 13.8 Å². The van der Waals surface area contributed by atoms with Crippen molar-refractivity contribution in [2.24, 2.45) is 5.92 Å². The molecule has 0 aromatic heterocycles. The summed E-state index contributed by atoms with van der Waals surface area (Å²) in [5.41, 5.74) is -0.447. The molecule has 1 aliphatic rings. The van der Waals surface area contributed by atoms with Gasteiger partial charge in [-0.3, -0.25) is 4.90 Å². The molecule has 1 fully saturated rings. The molecule has 0 N–H and O–H groups in total. The van der Waals surface area contributed by atoms with Gasteiger partial charge in [0.1, 0.15) is 5.60 Å². The van der Waals surface area contributed by atoms with Crippen LogP contribution in [0.1, 0.15) is 48.0 Å². The normalized spacial score (nSPS) is 25.4. The Labute approximate surface area is 111 Å². The minimum Gasteiger partial charge on any atom is -0.444 e. The van der Waals surface area contributed by atoms with E-state index < -0.39 is 5.60 Å². The smallest absolute Gasteiger partial charge is 0.410 e. The Morgan fingerprint density at radius 3 is 2.50 bits per heavy atom. The van der Waals surface area contributed by atoms with Crippen molar-refractivity contribution >= 4 is 6.09 Å². The fourth-order valence-electron chi connectivity index (χ4n) is 2.26. The van der Waals surface area contributed by atoms with Crippen molar-refractivity contribution in [3.05, 3.63) is 0 Å². The molecule has 0 aromatic carbocycles. The van der Waals surface area contributed by atoms with Gasteiger partial charge in [0.25, 0.3) is 0 Å². The Bertz CT molecular complexity index is 283. The van der Waals surface area contributed by atoms with Gasteiger partial charge in [0.05, 0.1) is 25.3 Å². The molecule has 4 heteroatoms. The third-order valence-corrected chi connectivity index (χ3v) is 2.89. The van der Waals surface area contributed by atoms with Gasteiger partial charge in [-0.25, -0.2) is 4.79 Å². The molecule has 2 unspecified atom stereocenters. The van der Waals surface area contributed by atoms with Crippen LogP contribution < -0.4 is 0 Å². The Balaban J connectivity index is 2.74. The van der Waals surface area contributed by atoms with Gasteiger partial charge >= 0.3 is 6.09 Å². The first-order valence-electron chi connectivity index (χ1n) is 6.79. The lowest BCUT2D eigenvalue weighted by atomic mass is 10.0. The van der Waals surface area contributed by atoms with E-state index in [0.717, 1.165) is 6.42 Å². The van der Waals surface area contributed by atoms with Gasteiger partial charge in [-0.2, -0.15) is 0 Å². The highest BCUT2D eigenvalue weighted by atomic mass is 16.6. The summed E-state index contributed by atoms with van der Waals surface area (Å²) in [5.74, 6) is 0.536. The first-order chi connectivity index (χ1) is 8.20. The number of nitrogens with zero attached hydrogens (tertiary/aromatic N) is 1. The maximum absolute atomic E-state index is 12.3. The highest BCUT2D eigenvalue weighted by Crippen LogP contribution is 2.22. The number of carbonyl (C=O) groups is 1. The van der Waals surface area contributed by atoms with E-state index in [4.69, 9.17) is 9.47 Å². The lowest BCUT2D eigenvalue weighted by Crippen LogP contribution is -2.55. The SMILES string of the molecule is CC(C)CC1COCC(C)N1C(=O)OC(C)(C)C. The topological polar surface area (TPSA) is 38.8 Å². The molecule has 18 heavy (non-hydrogen) atoms. The number of rotatable bonds is 2. The second-order valence-corrected chi connectivity index (χ2v) is 6.56. The third-order valence-electron chi connectivity index (χ3n) is 2.89. The van der Waals surface area contributed by atoms with E-state index in [9.17, 15) is 4.79 Å². The molecule has 0 aromatic rings. The Hall–Kier alpha value is -0.770. The number of ether oxygens (including phenoxy) is 2. The molecule has 1 aliphatic heterocycles. The summed E-state index contributed by atoms with van der Waals surface area (Å²) in [5, 5.41) is 0. The van der Waals surface area contributed by atoms with E-state index in [-0.39, 0.29) is 18.2 Å². The van der Waals surface area contributed by atoms with Crippen LogP contribution in [-0.4, -0.2) is 41.9 Å². The summed E-state index contributed by atoms with van der Waals surface area (Å²) in [6.07, 6.45) is 0.729. The fraction of sp³-hybridized carbons (Fsp3) is 0.929. The van der Waals surface area contributed by atoms with Gasteiger partial charge in [0.15, 0.2) is 0 Å². The molecule has 106 valence electrons. The van der Waals surface area contributed by atoms with Crippen molar-refractivity contribution < 1.29 is 14.3 Å². The highest BCUT2D eigenvalue weighted by Gasteiger charge is 2.35. The van der Waals surface area contributed by atoms with Gasteiger partial charge < -0.3 is 9.47 Å². The van der Waals surface area contributed by atoms with Crippen LogP contribution >= 0.6 is 0 Å². The van der Waals surface area contributed by atoms with Gasteiger partial charge in [-0.1, -0.05) is 13.8 Å². The average molecular weight is 257 g/mol. The average Bonchev–Trinajstić information content (AvgIpc) is 2.13. The lowest BCUT2D eigenvalue weighted by molar-refractivity contribution is -0.0603. The molecule has 0 saturated carbocycles. The second kappa shape index (κ2) is 5.91. The quantitative estimate of drug-likeness (QED) is 0.763. The van der Waals surface area contributed by atoms with E-state index >= 15 is 0 Å². The van der Waals surface area contributed by atoms with Crippen LogP contribution in [0.2, 0.25) is 0 Å². The van der Waals surface area contributed by atoms with Crippen molar-refractivity contribution in [3.63, 3.8) is 0 Å². The Morgan fingerprint density at radius 2 is 2.00 bits per heavy atom. The minimum atomic E-state index is -0.447. The molecule has 1 heterocycles. The fourth-order valence-corrected chi connectivity index (χ4v) is 2.26. The number of morpholine rings is 1. The summed E-state index contributed by atoms with van der Waals surface area (Å²) >= 11 is 0. The second-order valence-electron chi connectivity index (χ2n) is 6.56. The van der Waals surface area contributed by atoms with Crippen molar-refractivity contribution in [2.75, 3.05) is 13.2 Å². The number of hydrogen-bond donors (Lipinski definition) is 0. The number of amides is 1. The molecule has 4 nitrogen and oxygen atoms in total. The maximum Gasteiger partial charge on any atom is 0.410 e. The van der Waals surface area contributed by atoms with Crippen molar-refractivity contribution in [2.45, 2.75) is 65.6 Å². The van der Waals surface area contributed by atoms with Crippen LogP contribution in [0.15, 0.2) is 0 Å². The Kier molecular flexibility index (Phi) is 5.02. The summed E-state index contributed by atoms with van der Waals surface area (Å²) in [4.78, 5) is 14.1. The summed E-state index contributed by atoms with van der Waals surface area (Å²) in [7, 11) is 0. The zero-order chi connectivity index (χ0) is 13.9. The molecular formula is C14H27NO3. The van der Waals surface area contributed by atoms with Crippen LogP contribution in [0.3, 0.4) is 0 Å². The minimum absolute atomic E-state index is 0.0809. The zero-order valence-corrected chi connectivity index (χ0v) is 12.5. The molecular weight excluding hydrogens is 230 g/mol. The first kappa shape index (κ1) is 15.3. The molecule has 0 bridgehead atoms. The lowest BCUT2D eigenvalue weighted by Gasteiger charge is -2.41. The number of carbonyl (C=O) groups excluding carboxylic acids is 1. The molecule has 0 spiro atoms. The predicted molar refractivity (Wildman–Crippen MR) is 71.6 cm³/mol. The molecule has 0 aliphatic carbocycles. The molecule has 1 amide bonds. The summed E-state index contributed by atoms with van der Waals surface area (Å²) < 4.78 is 11.0. The standard InChI is InChI=1S/C14H27NO3/c1-10(2)7-12-9-17-8-11(3)15(12)13(16)18-14(4,5)6/h10-12H,7-9H2,1-6H3. The van der Waals surface area contributed by atoms with Crippen LogP contribution in [0.5, 0.6) is 0 Å². The van der Waals surface area contributed by atoms with Gasteiger partial charge in [0.2, 0.25) is 0 Å². The van der Waals surface area contributed by atoms with E-state index in [0.29, 0.717) is 19.1 Å². The third kappa shape index (κ3) is 4.48. The van der Waals surface area contributed by atoms with Crippen LogP contribution in [0, 0.1) is 5.92 Å². The van der Waals surface area contributed by atoms with Gasteiger partial charge in [-0.05, 0) is 40.0 Å². The van der Waals surface area contributed by atoms with E-state index in [1.165, 1.54) is 0 Å². The number of hydrogen-bond acceptors (Lipinski definition) is 3. The molecule has 1 saturated heterocycles. The van der Waals surface area contributed by atoms with E-state index in [1.807, 2.05) is 32.6 Å². The summed E-state index contributed by atoms with van der Waals surface area (Å²) in [6, 6.07) is 0.209. The first-order valence-corrected chi connectivity index (χ1v) is 6.79. The van der Waals surface area contributed by atoms with Gasteiger partial charge in [-0.15, -0.1) is 0 Å².